The van der Waals surface area contributed by atoms with Crippen LogP contribution < -0.4 is 0 Å². The van der Waals surface area contributed by atoms with E-state index >= 15 is 0 Å². The first-order chi connectivity index (χ1) is 15.4. The first-order valence-electron chi connectivity index (χ1n) is 10.5. The molecule has 0 bridgehead atoms. The van der Waals surface area contributed by atoms with Crippen molar-refractivity contribution in [1.29, 1.82) is 0 Å². The lowest BCUT2D eigenvalue weighted by Gasteiger charge is -2.40. The first kappa shape index (κ1) is 25.4. The lowest BCUT2D eigenvalue weighted by atomic mass is 9.72. The van der Waals surface area contributed by atoms with E-state index in [-0.39, 0.29) is 5.97 Å². The topological polar surface area (TPSA) is 104 Å². The quantitative estimate of drug-likeness (QED) is 0.368. The van der Waals surface area contributed by atoms with E-state index in [1.54, 1.807) is 0 Å². The van der Waals surface area contributed by atoms with Gasteiger partial charge in [0.05, 0.1) is 12.0 Å². The van der Waals surface area contributed by atoms with Crippen LogP contribution >= 0.6 is 11.8 Å². The highest BCUT2D eigenvalue weighted by molar-refractivity contribution is 7.99. The van der Waals surface area contributed by atoms with E-state index in [0.717, 1.165) is 43.8 Å². The minimum Gasteiger partial charge on any atom is -0.473 e. The number of carboxylic acids is 2. The van der Waals surface area contributed by atoms with Crippen molar-refractivity contribution in [2.45, 2.75) is 30.1 Å². The van der Waals surface area contributed by atoms with Crippen molar-refractivity contribution in [2.24, 2.45) is 0 Å². The number of hydrogen-bond donors (Lipinski definition) is 2. The zero-order valence-corrected chi connectivity index (χ0v) is 18.9. The summed E-state index contributed by atoms with van der Waals surface area (Å²) in [6.07, 6.45) is 1.65. The Kier molecular flexibility index (Phi) is 10.2. The zero-order chi connectivity index (χ0) is 23.4. The molecule has 2 aromatic carbocycles. The molecule has 8 heteroatoms. The Labute approximate surface area is 192 Å². The normalized spacial score (nSPS) is 15.2. The third kappa shape index (κ3) is 7.39. The molecule has 2 N–H and O–H groups in total. The van der Waals surface area contributed by atoms with E-state index in [1.165, 1.54) is 4.90 Å². The maximum absolute atomic E-state index is 12.8. The number of carbonyl (C=O) groups excluding carboxylic acids is 1. The molecular weight excluding hydrogens is 430 g/mol. The third-order valence-corrected chi connectivity index (χ3v) is 6.30. The van der Waals surface area contributed by atoms with Gasteiger partial charge in [-0.3, -0.25) is 4.79 Å². The molecule has 172 valence electrons. The Bertz CT molecular complexity index is 855. The number of nitrogens with zero attached hydrogens (tertiary/aromatic N) is 1. The molecular formula is C24H29NO6S. The van der Waals surface area contributed by atoms with Gasteiger partial charge < -0.3 is 19.8 Å². The summed E-state index contributed by atoms with van der Waals surface area (Å²) in [5.41, 5.74) is 0.608. The minimum atomic E-state index is -1.82. The fraction of sp³-hybridized carbons (Fsp3) is 0.375. The van der Waals surface area contributed by atoms with E-state index in [2.05, 4.69) is 41.3 Å². The number of ether oxygens (including phenoxy) is 1. The summed E-state index contributed by atoms with van der Waals surface area (Å²) < 4.78 is 5.45. The van der Waals surface area contributed by atoms with Gasteiger partial charge in [0.25, 0.3) is 0 Å². The van der Waals surface area contributed by atoms with Crippen molar-refractivity contribution in [3.8, 4) is 0 Å². The number of aliphatic carboxylic acids is 2. The standard InChI is InChI=1S/C22H27NO2S.C2H2O4/c1-2-25-21(24)22(19-9-5-3-6-10-19)13-15-23(16-14-22)17-18-26-20-11-7-4-8-12-20;3-1(4)2(5)6/h3-12H,2,13-18H2,1H3;(H,3,4)(H,5,6). The maximum Gasteiger partial charge on any atom is 0.414 e. The maximum atomic E-state index is 12.8. The number of esters is 1. The van der Waals surface area contributed by atoms with Crippen LogP contribution in [0.15, 0.2) is 65.6 Å². The van der Waals surface area contributed by atoms with Gasteiger partial charge in [0, 0.05) is 17.2 Å². The van der Waals surface area contributed by atoms with Gasteiger partial charge in [0.2, 0.25) is 0 Å². The Morgan fingerprint density at radius 2 is 1.47 bits per heavy atom. The van der Waals surface area contributed by atoms with Crippen LogP contribution in [0.5, 0.6) is 0 Å². The largest absolute Gasteiger partial charge is 0.473 e. The SMILES string of the molecule is CCOC(=O)C1(c2ccccc2)CCN(CCSc2ccccc2)CC1.O=C(O)C(=O)O. The monoisotopic (exact) mass is 459 g/mol. The molecule has 32 heavy (non-hydrogen) atoms. The van der Waals surface area contributed by atoms with Crippen LogP contribution in [0.4, 0.5) is 0 Å². The molecule has 0 unspecified atom stereocenters. The number of hydrogen-bond acceptors (Lipinski definition) is 6. The molecule has 1 fully saturated rings. The van der Waals surface area contributed by atoms with Crippen LogP contribution in [0.2, 0.25) is 0 Å². The summed E-state index contributed by atoms with van der Waals surface area (Å²) in [6.45, 7) is 5.23. The fourth-order valence-corrected chi connectivity index (χ4v) is 4.54. The van der Waals surface area contributed by atoms with Crippen LogP contribution in [0, 0.1) is 0 Å². The third-order valence-electron chi connectivity index (χ3n) is 5.30. The van der Waals surface area contributed by atoms with Gasteiger partial charge in [-0.1, -0.05) is 48.5 Å². The Balaban J connectivity index is 0.000000534. The summed E-state index contributed by atoms with van der Waals surface area (Å²) in [6, 6.07) is 20.7. The van der Waals surface area contributed by atoms with Crippen molar-refractivity contribution in [2.75, 3.05) is 32.0 Å². The van der Waals surface area contributed by atoms with Crippen LogP contribution in [0.25, 0.3) is 0 Å². The molecule has 1 heterocycles. The molecule has 0 saturated carbocycles. The van der Waals surface area contributed by atoms with Gasteiger partial charge >= 0.3 is 17.9 Å². The summed E-state index contributed by atoms with van der Waals surface area (Å²) in [4.78, 5) is 34.8. The number of carboxylic acid groups (broad SMARTS) is 2. The minimum absolute atomic E-state index is 0.0653. The molecule has 7 nitrogen and oxygen atoms in total. The lowest BCUT2D eigenvalue weighted by Crippen LogP contribution is -2.48. The van der Waals surface area contributed by atoms with Crippen molar-refractivity contribution in [3.05, 3.63) is 66.2 Å². The lowest BCUT2D eigenvalue weighted by molar-refractivity contribution is -0.159. The molecule has 1 aliphatic rings. The Hall–Kier alpha value is -2.84. The molecule has 1 aliphatic heterocycles. The second kappa shape index (κ2) is 12.9. The van der Waals surface area contributed by atoms with Crippen molar-refractivity contribution in [3.63, 3.8) is 0 Å². The number of thioether (sulfide) groups is 1. The van der Waals surface area contributed by atoms with Crippen molar-refractivity contribution < 1.29 is 29.3 Å². The van der Waals surface area contributed by atoms with Crippen LogP contribution in [-0.4, -0.2) is 65.0 Å². The highest BCUT2D eigenvalue weighted by Crippen LogP contribution is 2.37. The second-order valence-corrected chi connectivity index (χ2v) is 8.45. The summed E-state index contributed by atoms with van der Waals surface area (Å²) in [5.74, 6) is -2.64. The van der Waals surface area contributed by atoms with E-state index in [0.29, 0.717) is 6.61 Å². The van der Waals surface area contributed by atoms with Crippen LogP contribution in [0.3, 0.4) is 0 Å². The van der Waals surface area contributed by atoms with Crippen LogP contribution in [0.1, 0.15) is 25.3 Å². The summed E-state index contributed by atoms with van der Waals surface area (Å²) in [5, 5.41) is 14.8. The molecule has 0 aromatic heterocycles. The predicted octanol–water partition coefficient (Wildman–Crippen LogP) is 3.53. The van der Waals surface area contributed by atoms with Gasteiger partial charge in [-0.15, -0.1) is 11.8 Å². The highest BCUT2D eigenvalue weighted by atomic mass is 32.2. The molecule has 1 saturated heterocycles. The molecule has 0 atom stereocenters. The Morgan fingerprint density at radius 1 is 0.938 bits per heavy atom. The van der Waals surface area contributed by atoms with Crippen molar-refractivity contribution >= 4 is 29.7 Å². The number of rotatable bonds is 7. The summed E-state index contributed by atoms with van der Waals surface area (Å²) >= 11 is 1.89. The first-order valence-corrected chi connectivity index (χ1v) is 11.5. The fourth-order valence-electron chi connectivity index (χ4n) is 3.60. The average Bonchev–Trinajstić information content (AvgIpc) is 2.81. The van der Waals surface area contributed by atoms with Gasteiger partial charge in [-0.05, 0) is 50.6 Å². The van der Waals surface area contributed by atoms with E-state index in [4.69, 9.17) is 24.5 Å². The number of likely N-dealkylation sites (tertiary alicyclic amines) is 1. The smallest absolute Gasteiger partial charge is 0.414 e. The van der Waals surface area contributed by atoms with E-state index in [1.807, 2.05) is 43.0 Å². The number of benzene rings is 2. The number of piperidine rings is 1. The Morgan fingerprint density at radius 3 is 1.97 bits per heavy atom. The van der Waals surface area contributed by atoms with Crippen LogP contribution in [-0.2, 0) is 24.5 Å². The summed E-state index contributed by atoms with van der Waals surface area (Å²) in [7, 11) is 0. The molecule has 2 aromatic rings. The average molecular weight is 460 g/mol. The molecule has 0 radical (unpaired) electrons. The van der Waals surface area contributed by atoms with Gasteiger partial charge in [0.1, 0.15) is 0 Å². The van der Waals surface area contributed by atoms with Crippen molar-refractivity contribution in [1.82, 2.24) is 4.90 Å². The molecule has 0 spiro atoms. The van der Waals surface area contributed by atoms with Gasteiger partial charge in [0.15, 0.2) is 0 Å². The van der Waals surface area contributed by atoms with Gasteiger partial charge in [-0.25, -0.2) is 9.59 Å². The number of carbonyl (C=O) groups is 3. The second-order valence-electron chi connectivity index (χ2n) is 7.28. The molecule has 3 rings (SSSR count). The molecule has 0 aliphatic carbocycles. The predicted molar refractivity (Wildman–Crippen MR) is 123 cm³/mol. The zero-order valence-electron chi connectivity index (χ0n) is 18.1. The highest BCUT2D eigenvalue weighted by Gasteiger charge is 2.43. The van der Waals surface area contributed by atoms with Gasteiger partial charge in [-0.2, -0.15) is 0 Å². The molecule has 0 amide bonds. The van der Waals surface area contributed by atoms with E-state index in [9.17, 15) is 4.79 Å². The van der Waals surface area contributed by atoms with E-state index < -0.39 is 17.4 Å².